The highest BCUT2D eigenvalue weighted by Crippen LogP contribution is 2.29. The summed E-state index contributed by atoms with van der Waals surface area (Å²) in [6.07, 6.45) is 8.38. The lowest BCUT2D eigenvalue weighted by Crippen LogP contribution is -2.26. The van der Waals surface area contributed by atoms with Crippen LogP contribution in [0.15, 0.2) is 12.4 Å². The van der Waals surface area contributed by atoms with Gasteiger partial charge in [0.2, 0.25) is 0 Å². The molecular weight excluding hydrogens is 150 g/mol. The van der Waals surface area contributed by atoms with E-state index in [0.29, 0.717) is 12.0 Å². The predicted molar refractivity (Wildman–Crippen MR) is 47.8 cm³/mol. The zero-order valence-corrected chi connectivity index (χ0v) is 7.16. The summed E-state index contributed by atoms with van der Waals surface area (Å²) in [5.74, 6) is 1.77. The van der Waals surface area contributed by atoms with Gasteiger partial charge in [-0.1, -0.05) is 0 Å². The van der Waals surface area contributed by atoms with Crippen molar-refractivity contribution in [2.75, 3.05) is 0 Å². The Labute approximate surface area is 72.4 Å². The molecule has 0 radical (unpaired) electrons. The highest BCUT2D eigenvalue weighted by molar-refractivity contribution is 4.99. The van der Waals surface area contributed by atoms with Crippen molar-refractivity contribution in [3.63, 3.8) is 0 Å². The molecule has 2 rings (SSSR count). The molecule has 1 saturated carbocycles. The van der Waals surface area contributed by atoms with Crippen molar-refractivity contribution in [1.82, 2.24) is 9.97 Å². The number of rotatable bonds is 1. The molecule has 12 heavy (non-hydrogen) atoms. The Bertz CT molecular complexity index is 222. The molecule has 0 aliphatic heterocycles. The van der Waals surface area contributed by atoms with Crippen molar-refractivity contribution in [3.8, 4) is 0 Å². The second kappa shape index (κ2) is 3.27. The number of aromatic nitrogens is 2. The topological polar surface area (TPSA) is 54.7 Å². The van der Waals surface area contributed by atoms with E-state index in [9.17, 15) is 0 Å². The third-order valence-corrected chi connectivity index (χ3v) is 2.68. The van der Waals surface area contributed by atoms with Crippen LogP contribution in [0.5, 0.6) is 0 Å². The summed E-state index contributed by atoms with van der Waals surface area (Å²) < 4.78 is 0. The van der Waals surface area contributed by atoms with Crippen LogP contribution in [0.25, 0.3) is 0 Å². The Balaban J connectivity index is 1.99. The third-order valence-electron chi connectivity index (χ3n) is 2.68. The number of nitrogens with two attached hydrogens (primary N) is 1. The lowest BCUT2D eigenvalue weighted by Gasteiger charge is -2.24. The smallest absolute Gasteiger partial charge is 0.109 e. The first kappa shape index (κ1) is 7.80. The summed E-state index contributed by atoms with van der Waals surface area (Å²) in [7, 11) is 0. The molecule has 1 heterocycles. The third kappa shape index (κ3) is 1.50. The number of H-pyrrole nitrogens is 1. The number of hydrogen-bond donors (Lipinski definition) is 2. The van der Waals surface area contributed by atoms with E-state index in [2.05, 4.69) is 9.97 Å². The van der Waals surface area contributed by atoms with Crippen molar-refractivity contribution >= 4 is 0 Å². The minimum atomic E-state index is 0.427. The molecule has 0 amide bonds. The second-order valence-electron chi connectivity index (χ2n) is 3.59. The van der Waals surface area contributed by atoms with Crippen LogP contribution in [0, 0.1) is 0 Å². The fourth-order valence-corrected chi connectivity index (χ4v) is 1.89. The van der Waals surface area contributed by atoms with Crippen LogP contribution in [0.4, 0.5) is 0 Å². The SMILES string of the molecule is NC1CCC(c2ncc[nH]2)CC1. The lowest BCUT2D eigenvalue weighted by molar-refractivity contribution is 0.386. The van der Waals surface area contributed by atoms with E-state index in [-0.39, 0.29) is 0 Å². The summed E-state index contributed by atoms with van der Waals surface area (Å²) >= 11 is 0. The fourth-order valence-electron chi connectivity index (χ4n) is 1.89. The van der Waals surface area contributed by atoms with Crippen molar-refractivity contribution in [2.24, 2.45) is 5.73 Å². The van der Waals surface area contributed by atoms with E-state index in [1.807, 2.05) is 12.4 Å². The summed E-state index contributed by atoms with van der Waals surface area (Å²) in [5.41, 5.74) is 5.82. The summed E-state index contributed by atoms with van der Waals surface area (Å²) in [6.45, 7) is 0. The summed E-state index contributed by atoms with van der Waals surface area (Å²) in [4.78, 5) is 7.44. The normalized spacial score (nSPS) is 30.4. The van der Waals surface area contributed by atoms with Gasteiger partial charge in [0, 0.05) is 24.4 Å². The van der Waals surface area contributed by atoms with Crippen molar-refractivity contribution in [1.29, 1.82) is 0 Å². The maximum atomic E-state index is 5.82. The first-order valence-electron chi connectivity index (χ1n) is 4.61. The molecule has 0 spiro atoms. The van der Waals surface area contributed by atoms with Crippen LogP contribution in [-0.4, -0.2) is 16.0 Å². The Morgan fingerprint density at radius 2 is 2.08 bits per heavy atom. The Hall–Kier alpha value is -0.830. The van der Waals surface area contributed by atoms with Gasteiger partial charge in [-0.25, -0.2) is 4.98 Å². The van der Waals surface area contributed by atoms with E-state index in [0.717, 1.165) is 18.7 Å². The molecule has 0 atom stereocenters. The van der Waals surface area contributed by atoms with Crippen LogP contribution in [0.1, 0.15) is 37.4 Å². The van der Waals surface area contributed by atoms with Crippen LogP contribution in [-0.2, 0) is 0 Å². The van der Waals surface area contributed by atoms with E-state index in [4.69, 9.17) is 5.73 Å². The molecule has 3 heteroatoms. The van der Waals surface area contributed by atoms with Gasteiger partial charge in [0.25, 0.3) is 0 Å². The molecule has 1 aliphatic rings. The van der Waals surface area contributed by atoms with E-state index in [1.165, 1.54) is 12.8 Å². The van der Waals surface area contributed by atoms with Gasteiger partial charge in [-0.05, 0) is 25.7 Å². The number of nitrogens with one attached hydrogen (secondary N) is 1. The van der Waals surface area contributed by atoms with Gasteiger partial charge >= 0.3 is 0 Å². The van der Waals surface area contributed by atoms with Gasteiger partial charge in [-0.2, -0.15) is 0 Å². The van der Waals surface area contributed by atoms with Gasteiger partial charge in [0.15, 0.2) is 0 Å². The van der Waals surface area contributed by atoms with Crippen LogP contribution < -0.4 is 5.73 Å². The largest absolute Gasteiger partial charge is 0.348 e. The number of aromatic amines is 1. The van der Waals surface area contributed by atoms with E-state index in [1.54, 1.807) is 0 Å². The highest BCUT2D eigenvalue weighted by atomic mass is 14.9. The average molecular weight is 165 g/mol. The van der Waals surface area contributed by atoms with Crippen LogP contribution in [0.3, 0.4) is 0 Å². The molecule has 1 aromatic heterocycles. The van der Waals surface area contributed by atoms with Crippen LogP contribution >= 0.6 is 0 Å². The zero-order valence-electron chi connectivity index (χ0n) is 7.16. The number of imidazole rings is 1. The molecule has 0 saturated heterocycles. The summed E-state index contributed by atoms with van der Waals surface area (Å²) in [6, 6.07) is 0.427. The molecule has 3 N–H and O–H groups in total. The minimum Gasteiger partial charge on any atom is -0.348 e. The monoisotopic (exact) mass is 165 g/mol. The molecule has 0 unspecified atom stereocenters. The van der Waals surface area contributed by atoms with Gasteiger partial charge in [-0.3, -0.25) is 0 Å². The van der Waals surface area contributed by atoms with Gasteiger partial charge in [0.1, 0.15) is 5.82 Å². The molecule has 1 fully saturated rings. The number of hydrogen-bond acceptors (Lipinski definition) is 2. The Morgan fingerprint density at radius 3 is 2.67 bits per heavy atom. The second-order valence-corrected chi connectivity index (χ2v) is 3.59. The van der Waals surface area contributed by atoms with Gasteiger partial charge < -0.3 is 10.7 Å². The minimum absolute atomic E-state index is 0.427. The quantitative estimate of drug-likeness (QED) is 0.660. The molecule has 1 aromatic rings. The molecular formula is C9H15N3. The highest BCUT2D eigenvalue weighted by Gasteiger charge is 2.21. The Morgan fingerprint density at radius 1 is 1.33 bits per heavy atom. The van der Waals surface area contributed by atoms with Crippen molar-refractivity contribution < 1.29 is 0 Å². The molecule has 0 bridgehead atoms. The van der Waals surface area contributed by atoms with Gasteiger partial charge in [-0.15, -0.1) is 0 Å². The molecule has 0 aromatic carbocycles. The standard InChI is InChI=1S/C9H15N3/c10-8-3-1-7(2-4-8)9-11-5-6-12-9/h5-8H,1-4,10H2,(H,11,12). The lowest BCUT2D eigenvalue weighted by atomic mass is 9.86. The van der Waals surface area contributed by atoms with Crippen molar-refractivity contribution in [2.45, 2.75) is 37.6 Å². The predicted octanol–water partition coefficient (Wildman–Crippen LogP) is 1.39. The Kier molecular flexibility index (Phi) is 2.13. The fraction of sp³-hybridized carbons (Fsp3) is 0.667. The first-order chi connectivity index (χ1) is 5.86. The molecule has 3 nitrogen and oxygen atoms in total. The maximum absolute atomic E-state index is 5.82. The average Bonchev–Trinajstić information content (AvgIpc) is 2.58. The van der Waals surface area contributed by atoms with Crippen molar-refractivity contribution in [3.05, 3.63) is 18.2 Å². The first-order valence-corrected chi connectivity index (χ1v) is 4.61. The summed E-state index contributed by atoms with van der Waals surface area (Å²) in [5, 5.41) is 0. The molecule has 66 valence electrons. The van der Waals surface area contributed by atoms with E-state index >= 15 is 0 Å². The van der Waals surface area contributed by atoms with Gasteiger partial charge in [0.05, 0.1) is 0 Å². The molecule has 1 aliphatic carbocycles. The maximum Gasteiger partial charge on any atom is 0.109 e. The zero-order chi connectivity index (χ0) is 8.39. The van der Waals surface area contributed by atoms with Crippen LogP contribution in [0.2, 0.25) is 0 Å². The van der Waals surface area contributed by atoms with E-state index < -0.39 is 0 Å². The number of nitrogens with zero attached hydrogens (tertiary/aromatic N) is 1.